The van der Waals surface area contributed by atoms with Crippen LogP contribution in [0.3, 0.4) is 0 Å². The molecule has 3 fully saturated rings. The highest BCUT2D eigenvalue weighted by Gasteiger charge is 2.52. The molecule has 2 bridgehead atoms. The summed E-state index contributed by atoms with van der Waals surface area (Å²) >= 11 is 0. The van der Waals surface area contributed by atoms with Gasteiger partial charge in [0.25, 0.3) is 0 Å². The number of rotatable bonds is 7. The summed E-state index contributed by atoms with van der Waals surface area (Å²) in [5.74, 6) is 1.61. The zero-order valence-electron chi connectivity index (χ0n) is 20.8. The van der Waals surface area contributed by atoms with E-state index in [1.54, 1.807) is 0 Å². The smallest absolute Gasteiger partial charge is 0.107 e. The first-order valence-corrected chi connectivity index (χ1v) is 13.5. The highest BCUT2D eigenvalue weighted by molar-refractivity contribution is 5.45. The SMILES string of the molecule is C[N+]1(CCC2CCCCC2)[C@@H]2CC[C@H]1C[C@@H](CC(C#N)(c1ccccc1)c1ccccc1)C2.[Br-]. The Hall–Kier alpha value is -1.63. The van der Waals surface area contributed by atoms with Gasteiger partial charge in [0, 0.05) is 25.7 Å². The molecule has 182 valence electrons. The lowest BCUT2D eigenvalue weighted by molar-refractivity contribution is -0.950. The van der Waals surface area contributed by atoms with Gasteiger partial charge in [0.2, 0.25) is 0 Å². The highest BCUT2D eigenvalue weighted by Crippen LogP contribution is 2.49. The van der Waals surface area contributed by atoms with E-state index in [1.807, 2.05) is 0 Å². The molecule has 1 aliphatic carbocycles. The van der Waals surface area contributed by atoms with Crippen molar-refractivity contribution >= 4 is 0 Å². The summed E-state index contributed by atoms with van der Waals surface area (Å²) in [5.41, 5.74) is 1.77. The van der Waals surface area contributed by atoms with E-state index in [9.17, 15) is 5.26 Å². The van der Waals surface area contributed by atoms with E-state index in [0.29, 0.717) is 5.92 Å². The Morgan fingerprint density at radius 2 is 1.32 bits per heavy atom. The van der Waals surface area contributed by atoms with Gasteiger partial charge in [-0.3, -0.25) is 0 Å². The Morgan fingerprint density at radius 3 is 1.82 bits per heavy atom. The van der Waals surface area contributed by atoms with Gasteiger partial charge in [0.05, 0.1) is 31.7 Å². The minimum absolute atomic E-state index is 0. The first kappa shape index (κ1) is 25.5. The Morgan fingerprint density at radius 1 is 0.794 bits per heavy atom. The summed E-state index contributed by atoms with van der Waals surface area (Å²) in [7, 11) is 2.58. The number of halogens is 1. The zero-order chi connectivity index (χ0) is 22.7. The van der Waals surface area contributed by atoms with E-state index in [1.165, 1.54) is 75.2 Å². The summed E-state index contributed by atoms with van der Waals surface area (Å²) in [5, 5.41) is 10.6. The molecule has 3 aliphatic rings. The van der Waals surface area contributed by atoms with Gasteiger partial charge in [-0.05, 0) is 35.8 Å². The third-order valence-corrected chi connectivity index (χ3v) is 9.78. The molecule has 2 aliphatic heterocycles. The van der Waals surface area contributed by atoms with Crippen LogP contribution in [0.15, 0.2) is 60.7 Å². The number of hydrogen-bond donors (Lipinski definition) is 0. The van der Waals surface area contributed by atoms with Crippen LogP contribution in [0, 0.1) is 23.2 Å². The van der Waals surface area contributed by atoms with Gasteiger partial charge in [-0.2, -0.15) is 5.26 Å². The van der Waals surface area contributed by atoms with E-state index >= 15 is 0 Å². The molecule has 34 heavy (non-hydrogen) atoms. The normalized spacial score (nSPS) is 29.2. The van der Waals surface area contributed by atoms with E-state index in [-0.39, 0.29) is 17.0 Å². The van der Waals surface area contributed by atoms with Crippen molar-refractivity contribution in [2.45, 2.75) is 88.1 Å². The van der Waals surface area contributed by atoms with Crippen molar-refractivity contribution in [3.8, 4) is 6.07 Å². The third kappa shape index (κ3) is 4.87. The number of piperidine rings is 1. The molecule has 2 aromatic carbocycles. The van der Waals surface area contributed by atoms with Gasteiger partial charge in [-0.25, -0.2) is 0 Å². The van der Waals surface area contributed by atoms with Gasteiger partial charge < -0.3 is 21.5 Å². The van der Waals surface area contributed by atoms with E-state index in [2.05, 4.69) is 73.8 Å². The molecule has 4 atom stereocenters. The fourth-order valence-electron chi connectivity index (χ4n) is 7.78. The molecular formula is C31H41BrN2. The van der Waals surface area contributed by atoms with E-state index < -0.39 is 5.41 Å². The van der Waals surface area contributed by atoms with Crippen molar-refractivity contribution in [2.75, 3.05) is 13.6 Å². The quantitative estimate of drug-likeness (QED) is 0.500. The number of nitriles is 1. The summed E-state index contributed by atoms with van der Waals surface area (Å²) < 4.78 is 1.32. The second-order valence-electron chi connectivity index (χ2n) is 11.5. The summed E-state index contributed by atoms with van der Waals surface area (Å²) in [4.78, 5) is 0. The molecule has 1 saturated carbocycles. The largest absolute Gasteiger partial charge is 1.00 e. The van der Waals surface area contributed by atoms with Gasteiger partial charge in [0.15, 0.2) is 0 Å². The molecule has 0 amide bonds. The molecule has 2 aromatic rings. The minimum atomic E-state index is -0.546. The van der Waals surface area contributed by atoms with Crippen LogP contribution in [0.25, 0.3) is 0 Å². The number of nitrogens with zero attached hydrogens (tertiary/aromatic N) is 2. The molecule has 2 nitrogen and oxygen atoms in total. The Bertz CT molecular complexity index is 891. The predicted molar refractivity (Wildman–Crippen MR) is 136 cm³/mol. The average Bonchev–Trinajstić information content (AvgIpc) is 3.03. The van der Waals surface area contributed by atoms with Crippen LogP contribution in [0.1, 0.15) is 81.8 Å². The third-order valence-electron chi connectivity index (χ3n) is 9.78. The summed E-state index contributed by atoms with van der Waals surface area (Å²) in [6, 6.07) is 25.6. The monoisotopic (exact) mass is 520 g/mol. The van der Waals surface area contributed by atoms with Crippen LogP contribution in [0.5, 0.6) is 0 Å². The number of quaternary nitrogens is 1. The van der Waals surface area contributed by atoms with E-state index in [0.717, 1.165) is 35.5 Å². The van der Waals surface area contributed by atoms with Gasteiger partial charge in [-0.1, -0.05) is 92.8 Å². The number of fused-ring (bicyclic) bond motifs is 2. The maximum atomic E-state index is 10.6. The second kappa shape index (κ2) is 11.0. The maximum Gasteiger partial charge on any atom is 0.107 e. The van der Waals surface area contributed by atoms with Crippen molar-refractivity contribution in [1.29, 1.82) is 5.26 Å². The summed E-state index contributed by atoms with van der Waals surface area (Å²) in [6.07, 6.45) is 15.1. The molecule has 2 heterocycles. The number of hydrogen-bond acceptors (Lipinski definition) is 1. The predicted octanol–water partition coefficient (Wildman–Crippen LogP) is 4.25. The van der Waals surface area contributed by atoms with Gasteiger partial charge >= 0.3 is 0 Å². The zero-order valence-corrected chi connectivity index (χ0v) is 22.4. The molecular weight excluding hydrogens is 480 g/mol. The van der Waals surface area contributed by atoms with Crippen LogP contribution in [-0.4, -0.2) is 30.2 Å². The number of benzene rings is 2. The van der Waals surface area contributed by atoms with Crippen LogP contribution < -0.4 is 17.0 Å². The van der Waals surface area contributed by atoms with Crippen molar-refractivity contribution in [2.24, 2.45) is 11.8 Å². The van der Waals surface area contributed by atoms with Crippen molar-refractivity contribution in [1.82, 2.24) is 0 Å². The van der Waals surface area contributed by atoms with Crippen molar-refractivity contribution < 1.29 is 21.5 Å². The Kier molecular flexibility index (Phi) is 8.21. The van der Waals surface area contributed by atoms with Crippen LogP contribution in [0.2, 0.25) is 0 Å². The maximum absolute atomic E-state index is 10.6. The molecule has 3 heteroatoms. The first-order valence-electron chi connectivity index (χ1n) is 13.5. The van der Waals surface area contributed by atoms with Crippen LogP contribution >= 0.6 is 0 Å². The molecule has 0 aromatic heterocycles. The molecule has 2 saturated heterocycles. The van der Waals surface area contributed by atoms with E-state index in [4.69, 9.17) is 0 Å². The lowest BCUT2D eigenvalue weighted by Crippen LogP contribution is -3.00. The van der Waals surface area contributed by atoms with Gasteiger partial charge in [0.1, 0.15) is 5.41 Å². The summed E-state index contributed by atoms with van der Waals surface area (Å²) in [6.45, 7) is 1.38. The molecule has 0 N–H and O–H groups in total. The fourth-order valence-corrected chi connectivity index (χ4v) is 7.78. The van der Waals surface area contributed by atoms with Crippen LogP contribution in [0.4, 0.5) is 0 Å². The molecule has 0 spiro atoms. The van der Waals surface area contributed by atoms with Crippen molar-refractivity contribution in [3.05, 3.63) is 71.8 Å². The average molecular weight is 522 g/mol. The lowest BCUT2D eigenvalue weighted by atomic mass is 9.67. The molecule has 0 radical (unpaired) electrons. The topological polar surface area (TPSA) is 23.8 Å². The lowest BCUT2D eigenvalue weighted by Gasteiger charge is -2.49. The Balaban J connectivity index is 0.00000274. The molecule has 5 rings (SSSR count). The highest BCUT2D eigenvalue weighted by atomic mass is 79.9. The van der Waals surface area contributed by atoms with Gasteiger partial charge in [-0.15, -0.1) is 0 Å². The fraction of sp³-hybridized carbons (Fsp3) is 0.581. The van der Waals surface area contributed by atoms with Crippen molar-refractivity contribution in [3.63, 3.8) is 0 Å². The Labute approximate surface area is 217 Å². The standard InChI is InChI=1S/C31H41N2.BrH/c1-33(20-19-25-11-5-2-6-12-25)29-17-18-30(33)22-26(21-29)23-31(24-32,27-13-7-3-8-14-27)28-15-9-4-10-16-28;/h3-4,7-10,13-16,25-26,29-30H,2,5-6,11-12,17-23H2,1H3;1H/q+1;/p-1/t26-,29+,30-,33?;. The molecule has 1 unspecified atom stereocenters. The minimum Gasteiger partial charge on any atom is -1.00 e. The van der Waals surface area contributed by atoms with Crippen LogP contribution in [-0.2, 0) is 5.41 Å². The second-order valence-corrected chi connectivity index (χ2v) is 11.5. The first-order chi connectivity index (χ1) is 16.1.